The van der Waals surface area contributed by atoms with Gasteiger partial charge in [-0.3, -0.25) is 5.10 Å². The lowest BCUT2D eigenvalue weighted by molar-refractivity contribution is 0.916. The molecule has 0 spiro atoms. The molecule has 0 saturated carbocycles. The standard InChI is InChI=1S/C10H13N5/c11-6-9-13-10(15-14-9)7-12-8-4-2-1-3-5-8/h1-5,12H,6-7,11H2,(H,13,14,15). The van der Waals surface area contributed by atoms with Gasteiger partial charge in [-0.2, -0.15) is 5.10 Å². The summed E-state index contributed by atoms with van der Waals surface area (Å²) in [5.74, 6) is 1.43. The fraction of sp³-hybridized carbons (Fsp3) is 0.200. The quantitative estimate of drug-likeness (QED) is 0.689. The van der Waals surface area contributed by atoms with Crippen molar-refractivity contribution in [3.8, 4) is 0 Å². The summed E-state index contributed by atoms with van der Waals surface area (Å²) >= 11 is 0. The lowest BCUT2D eigenvalue weighted by atomic mass is 10.3. The Morgan fingerprint density at radius 3 is 2.73 bits per heavy atom. The summed E-state index contributed by atoms with van der Waals surface area (Å²) in [4.78, 5) is 4.19. The van der Waals surface area contributed by atoms with Gasteiger partial charge in [0.1, 0.15) is 5.82 Å². The van der Waals surface area contributed by atoms with Crippen LogP contribution in [0.2, 0.25) is 0 Å². The van der Waals surface area contributed by atoms with Crippen LogP contribution >= 0.6 is 0 Å². The molecule has 0 radical (unpaired) electrons. The molecule has 0 saturated heterocycles. The molecule has 0 amide bonds. The highest BCUT2D eigenvalue weighted by molar-refractivity contribution is 5.42. The highest BCUT2D eigenvalue weighted by Crippen LogP contribution is 2.05. The zero-order valence-corrected chi connectivity index (χ0v) is 8.27. The number of anilines is 1. The van der Waals surface area contributed by atoms with Crippen LogP contribution < -0.4 is 11.1 Å². The molecular weight excluding hydrogens is 190 g/mol. The molecule has 5 nitrogen and oxygen atoms in total. The summed E-state index contributed by atoms with van der Waals surface area (Å²) in [5.41, 5.74) is 6.46. The molecule has 1 aromatic heterocycles. The molecule has 0 atom stereocenters. The van der Waals surface area contributed by atoms with Crippen LogP contribution in [-0.4, -0.2) is 15.2 Å². The molecule has 0 aliphatic carbocycles. The molecule has 0 fully saturated rings. The van der Waals surface area contributed by atoms with Crippen molar-refractivity contribution in [1.82, 2.24) is 15.2 Å². The van der Waals surface area contributed by atoms with Crippen LogP contribution in [0.5, 0.6) is 0 Å². The van der Waals surface area contributed by atoms with E-state index < -0.39 is 0 Å². The van der Waals surface area contributed by atoms with Crippen LogP contribution in [0.4, 0.5) is 5.69 Å². The van der Waals surface area contributed by atoms with Gasteiger partial charge in [0.15, 0.2) is 5.82 Å². The van der Waals surface area contributed by atoms with Gasteiger partial charge in [-0.15, -0.1) is 0 Å². The first-order valence-electron chi connectivity index (χ1n) is 4.77. The number of para-hydroxylation sites is 1. The van der Waals surface area contributed by atoms with Gasteiger partial charge in [0.05, 0.1) is 13.1 Å². The summed E-state index contributed by atoms with van der Waals surface area (Å²) in [6, 6.07) is 9.94. The van der Waals surface area contributed by atoms with E-state index in [9.17, 15) is 0 Å². The smallest absolute Gasteiger partial charge is 0.164 e. The van der Waals surface area contributed by atoms with Crippen molar-refractivity contribution >= 4 is 5.69 Å². The van der Waals surface area contributed by atoms with Gasteiger partial charge in [0, 0.05) is 5.69 Å². The van der Waals surface area contributed by atoms with Crippen LogP contribution in [0.15, 0.2) is 30.3 Å². The topological polar surface area (TPSA) is 79.6 Å². The molecule has 2 rings (SSSR count). The number of nitrogens with one attached hydrogen (secondary N) is 2. The normalized spacial score (nSPS) is 10.2. The Labute approximate surface area is 87.7 Å². The number of hydrogen-bond donors (Lipinski definition) is 3. The van der Waals surface area contributed by atoms with E-state index in [1.54, 1.807) is 0 Å². The van der Waals surface area contributed by atoms with Crippen LogP contribution in [0, 0.1) is 0 Å². The summed E-state index contributed by atoms with van der Waals surface area (Å²) in [6.07, 6.45) is 0. The lowest BCUT2D eigenvalue weighted by Gasteiger charge is -2.02. The fourth-order valence-electron chi connectivity index (χ4n) is 1.25. The van der Waals surface area contributed by atoms with Gasteiger partial charge in [-0.25, -0.2) is 4.98 Å². The minimum Gasteiger partial charge on any atom is -0.378 e. The largest absolute Gasteiger partial charge is 0.378 e. The highest BCUT2D eigenvalue weighted by Gasteiger charge is 2.00. The van der Waals surface area contributed by atoms with Crippen LogP contribution in [0.1, 0.15) is 11.6 Å². The van der Waals surface area contributed by atoms with Crippen LogP contribution in [-0.2, 0) is 13.1 Å². The highest BCUT2D eigenvalue weighted by atomic mass is 15.2. The number of aromatic nitrogens is 3. The van der Waals surface area contributed by atoms with E-state index in [4.69, 9.17) is 5.73 Å². The molecule has 0 aliphatic heterocycles. The summed E-state index contributed by atoms with van der Waals surface area (Å²) in [7, 11) is 0. The number of benzene rings is 1. The minimum atomic E-state index is 0.363. The Morgan fingerprint density at radius 1 is 1.27 bits per heavy atom. The third kappa shape index (κ3) is 2.54. The molecule has 0 bridgehead atoms. The van der Waals surface area contributed by atoms with E-state index in [1.165, 1.54) is 0 Å². The number of H-pyrrole nitrogens is 1. The average molecular weight is 203 g/mol. The Balaban J connectivity index is 1.93. The molecule has 4 N–H and O–H groups in total. The van der Waals surface area contributed by atoms with E-state index in [1.807, 2.05) is 30.3 Å². The van der Waals surface area contributed by atoms with Crippen molar-refractivity contribution in [2.45, 2.75) is 13.1 Å². The Kier molecular flexibility index (Phi) is 2.94. The molecular formula is C10H13N5. The number of nitrogens with two attached hydrogens (primary N) is 1. The Morgan fingerprint density at radius 2 is 2.07 bits per heavy atom. The second-order valence-electron chi connectivity index (χ2n) is 3.12. The second kappa shape index (κ2) is 4.56. The maximum Gasteiger partial charge on any atom is 0.164 e. The van der Waals surface area contributed by atoms with Crippen molar-refractivity contribution in [2.24, 2.45) is 5.73 Å². The molecule has 1 heterocycles. The summed E-state index contributed by atoms with van der Waals surface area (Å²) in [5, 5.41) is 9.99. The van der Waals surface area contributed by atoms with Crippen molar-refractivity contribution < 1.29 is 0 Å². The van der Waals surface area contributed by atoms with Gasteiger partial charge >= 0.3 is 0 Å². The maximum absolute atomic E-state index is 5.41. The minimum absolute atomic E-state index is 0.363. The van der Waals surface area contributed by atoms with E-state index >= 15 is 0 Å². The average Bonchev–Trinajstić information content (AvgIpc) is 2.76. The Bertz CT molecular complexity index is 409. The third-order valence-corrected chi connectivity index (χ3v) is 1.99. The monoisotopic (exact) mass is 203 g/mol. The zero-order chi connectivity index (χ0) is 10.5. The van der Waals surface area contributed by atoms with Gasteiger partial charge in [-0.05, 0) is 12.1 Å². The first-order chi connectivity index (χ1) is 7.38. The maximum atomic E-state index is 5.41. The van der Waals surface area contributed by atoms with Gasteiger partial charge in [0.2, 0.25) is 0 Å². The molecule has 2 aromatic rings. The van der Waals surface area contributed by atoms with Gasteiger partial charge in [-0.1, -0.05) is 18.2 Å². The number of hydrogen-bond acceptors (Lipinski definition) is 4. The van der Waals surface area contributed by atoms with Crippen LogP contribution in [0.3, 0.4) is 0 Å². The fourth-order valence-corrected chi connectivity index (χ4v) is 1.25. The first-order valence-corrected chi connectivity index (χ1v) is 4.77. The second-order valence-corrected chi connectivity index (χ2v) is 3.12. The van der Waals surface area contributed by atoms with Crippen molar-refractivity contribution in [2.75, 3.05) is 5.32 Å². The van der Waals surface area contributed by atoms with Crippen molar-refractivity contribution in [3.05, 3.63) is 42.0 Å². The lowest BCUT2D eigenvalue weighted by Crippen LogP contribution is -2.02. The van der Waals surface area contributed by atoms with E-state index in [0.717, 1.165) is 11.5 Å². The van der Waals surface area contributed by atoms with Crippen molar-refractivity contribution in [1.29, 1.82) is 0 Å². The first kappa shape index (κ1) is 9.67. The SMILES string of the molecule is NCc1n[nH]c(CNc2ccccc2)n1. The van der Waals surface area contributed by atoms with Gasteiger partial charge < -0.3 is 11.1 Å². The van der Waals surface area contributed by atoms with Crippen molar-refractivity contribution in [3.63, 3.8) is 0 Å². The molecule has 5 heteroatoms. The number of nitrogens with zero attached hydrogens (tertiary/aromatic N) is 2. The third-order valence-electron chi connectivity index (χ3n) is 1.99. The predicted molar refractivity (Wildman–Crippen MR) is 58.0 cm³/mol. The van der Waals surface area contributed by atoms with E-state index in [0.29, 0.717) is 18.9 Å². The predicted octanol–water partition coefficient (Wildman–Crippen LogP) is 0.875. The van der Waals surface area contributed by atoms with Gasteiger partial charge in [0.25, 0.3) is 0 Å². The summed E-state index contributed by atoms with van der Waals surface area (Å²) in [6.45, 7) is 0.985. The number of rotatable bonds is 4. The molecule has 15 heavy (non-hydrogen) atoms. The van der Waals surface area contributed by atoms with Crippen LogP contribution in [0.25, 0.3) is 0 Å². The Hall–Kier alpha value is -1.88. The molecule has 1 aromatic carbocycles. The molecule has 0 aliphatic rings. The molecule has 0 unspecified atom stereocenters. The van der Waals surface area contributed by atoms with E-state index in [2.05, 4.69) is 20.5 Å². The summed E-state index contributed by atoms with van der Waals surface area (Å²) < 4.78 is 0. The molecule has 78 valence electrons. The number of aromatic amines is 1. The zero-order valence-electron chi connectivity index (χ0n) is 8.27. The van der Waals surface area contributed by atoms with E-state index in [-0.39, 0.29) is 0 Å².